The van der Waals surface area contributed by atoms with Gasteiger partial charge >= 0.3 is 6.03 Å². The molecule has 0 saturated heterocycles. The molecule has 4 nitrogen and oxygen atoms in total. The van der Waals surface area contributed by atoms with E-state index in [2.05, 4.69) is 41.3 Å². The van der Waals surface area contributed by atoms with E-state index in [1.54, 1.807) is 6.07 Å². The standard InChI is InChI=1S/C20H20ClN3O/c1-13-6-7-16(10-17(13)21)22-20(25)24-9-8-15-11-23(2)18-5-3-4-14(12-24)19(15)18/h3-7,10-11H,8-9,12H2,1-2H3,(H,22,25). The fraction of sp³-hybridized carbons (Fsp3) is 0.250. The van der Waals surface area contributed by atoms with Crippen LogP contribution in [0, 0.1) is 6.92 Å². The molecule has 1 aromatic heterocycles. The average Bonchev–Trinajstić information content (AvgIpc) is 2.80. The molecule has 0 fully saturated rings. The number of carbonyl (C=O) groups is 1. The van der Waals surface area contributed by atoms with Crippen molar-refractivity contribution >= 4 is 34.2 Å². The number of benzene rings is 2. The van der Waals surface area contributed by atoms with Crippen molar-refractivity contribution in [1.82, 2.24) is 9.47 Å². The first-order valence-electron chi connectivity index (χ1n) is 8.41. The van der Waals surface area contributed by atoms with Crippen molar-refractivity contribution in [2.24, 2.45) is 7.05 Å². The first-order chi connectivity index (χ1) is 12.0. The van der Waals surface area contributed by atoms with Crippen LogP contribution in [0.3, 0.4) is 0 Å². The molecule has 1 aliphatic heterocycles. The lowest BCUT2D eigenvalue weighted by molar-refractivity contribution is 0.210. The van der Waals surface area contributed by atoms with Crippen LogP contribution in [0.5, 0.6) is 0 Å². The number of aryl methyl sites for hydroxylation is 2. The maximum absolute atomic E-state index is 12.7. The normalized spacial score (nSPS) is 13.8. The zero-order chi connectivity index (χ0) is 17.6. The lowest BCUT2D eigenvalue weighted by Crippen LogP contribution is -2.35. The van der Waals surface area contributed by atoms with E-state index in [1.807, 2.05) is 24.0 Å². The van der Waals surface area contributed by atoms with E-state index in [4.69, 9.17) is 11.6 Å². The number of aromatic nitrogens is 1. The van der Waals surface area contributed by atoms with Crippen molar-refractivity contribution in [1.29, 1.82) is 0 Å². The summed E-state index contributed by atoms with van der Waals surface area (Å²) in [4.78, 5) is 14.6. The minimum atomic E-state index is -0.0912. The number of nitrogens with one attached hydrogen (secondary N) is 1. The maximum Gasteiger partial charge on any atom is 0.322 e. The van der Waals surface area contributed by atoms with Crippen LogP contribution < -0.4 is 5.32 Å². The van der Waals surface area contributed by atoms with Crippen molar-refractivity contribution in [3.05, 3.63) is 64.3 Å². The van der Waals surface area contributed by atoms with Crippen molar-refractivity contribution in [3.8, 4) is 0 Å². The van der Waals surface area contributed by atoms with Crippen molar-refractivity contribution < 1.29 is 4.79 Å². The van der Waals surface area contributed by atoms with Gasteiger partial charge in [0.1, 0.15) is 0 Å². The van der Waals surface area contributed by atoms with E-state index >= 15 is 0 Å². The van der Waals surface area contributed by atoms with E-state index in [9.17, 15) is 4.79 Å². The summed E-state index contributed by atoms with van der Waals surface area (Å²) in [7, 11) is 2.07. The van der Waals surface area contributed by atoms with Gasteiger partial charge in [-0.05, 0) is 48.2 Å². The monoisotopic (exact) mass is 353 g/mol. The Kier molecular flexibility index (Phi) is 3.92. The number of anilines is 1. The summed E-state index contributed by atoms with van der Waals surface area (Å²) in [5.41, 5.74) is 5.45. The number of hydrogen-bond donors (Lipinski definition) is 1. The zero-order valence-corrected chi connectivity index (χ0v) is 15.1. The number of hydrogen-bond acceptors (Lipinski definition) is 1. The molecular formula is C20H20ClN3O. The highest BCUT2D eigenvalue weighted by molar-refractivity contribution is 6.31. The molecule has 0 spiro atoms. The second-order valence-corrected chi connectivity index (χ2v) is 7.05. The Hall–Kier alpha value is -2.46. The summed E-state index contributed by atoms with van der Waals surface area (Å²) in [5, 5.41) is 4.92. The Morgan fingerprint density at radius 2 is 2.04 bits per heavy atom. The molecule has 0 bridgehead atoms. The SMILES string of the molecule is Cc1ccc(NC(=O)N2CCc3cn(C)c4cccc(c34)C2)cc1Cl. The molecule has 4 rings (SSSR count). The number of nitrogens with zero attached hydrogens (tertiary/aromatic N) is 2. The summed E-state index contributed by atoms with van der Waals surface area (Å²) < 4.78 is 2.16. The minimum Gasteiger partial charge on any atom is -0.350 e. The summed E-state index contributed by atoms with van der Waals surface area (Å²) in [6.45, 7) is 3.25. The van der Waals surface area contributed by atoms with Crippen LogP contribution in [0.1, 0.15) is 16.7 Å². The van der Waals surface area contributed by atoms with E-state index < -0.39 is 0 Å². The van der Waals surface area contributed by atoms with Gasteiger partial charge in [-0.25, -0.2) is 4.79 Å². The molecule has 1 N–H and O–H groups in total. The topological polar surface area (TPSA) is 37.3 Å². The third-order valence-corrected chi connectivity index (χ3v) is 5.31. The lowest BCUT2D eigenvalue weighted by Gasteiger charge is -2.22. The number of rotatable bonds is 1. The van der Waals surface area contributed by atoms with Gasteiger partial charge < -0.3 is 14.8 Å². The van der Waals surface area contributed by atoms with Crippen molar-refractivity contribution in [2.75, 3.05) is 11.9 Å². The predicted octanol–water partition coefficient (Wildman–Crippen LogP) is 4.73. The van der Waals surface area contributed by atoms with Crippen molar-refractivity contribution in [2.45, 2.75) is 19.9 Å². The number of carbonyl (C=O) groups excluding carboxylic acids is 1. The first kappa shape index (κ1) is 16.0. The Morgan fingerprint density at radius 1 is 1.20 bits per heavy atom. The van der Waals surface area contributed by atoms with Gasteiger partial charge in [-0.2, -0.15) is 0 Å². The molecule has 2 heterocycles. The van der Waals surface area contributed by atoms with Gasteiger partial charge in [0.25, 0.3) is 0 Å². The molecule has 3 aromatic rings. The van der Waals surface area contributed by atoms with Crippen LogP contribution in [-0.2, 0) is 20.0 Å². The average molecular weight is 354 g/mol. The maximum atomic E-state index is 12.7. The predicted molar refractivity (Wildman–Crippen MR) is 102 cm³/mol. The number of urea groups is 1. The zero-order valence-electron chi connectivity index (χ0n) is 14.3. The molecule has 2 amide bonds. The molecule has 0 radical (unpaired) electrons. The third kappa shape index (κ3) is 2.87. The highest BCUT2D eigenvalue weighted by atomic mass is 35.5. The van der Waals surface area contributed by atoms with E-state index in [0.29, 0.717) is 18.1 Å². The summed E-state index contributed by atoms with van der Waals surface area (Å²) in [5.74, 6) is 0. The Bertz CT molecular complexity index is 976. The summed E-state index contributed by atoms with van der Waals surface area (Å²) >= 11 is 6.16. The molecule has 25 heavy (non-hydrogen) atoms. The van der Waals surface area contributed by atoms with Gasteiger partial charge in [-0.3, -0.25) is 0 Å². The Labute approximate surface area is 152 Å². The molecule has 0 aliphatic carbocycles. The van der Waals surface area contributed by atoms with Gasteiger partial charge in [0.15, 0.2) is 0 Å². The third-order valence-electron chi connectivity index (χ3n) is 4.90. The van der Waals surface area contributed by atoms with Gasteiger partial charge in [-0.15, -0.1) is 0 Å². The Morgan fingerprint density at radius 3 is 2.84 bits per heavy atom. The molecule has 0 saturated carbocycles. The molecule has 0 atom stereocenters. The van der Waals surface area contributed by atoms with E-state index in [1.165, 1.54) is 22.0 Å². The fourth-order valence-corrected chi connectivity index (χ4v) is 3.71. The highest BCUT2D eigenvalue weighted by Crippen LogP contribution is 2.29. The molecular weight excluding hydrogens is 334 g/mol. The number of halogens is 1. The van der Waals surface area contributed by atoms with Crippen LogP contribution in [0.25, 0.3) is 10.9 Å². The smallest absolute Gasteiger partial charge is 0.322 e. The molecule has 1 aliphatic rings. The molecule has 128 valence electrons. The highest BCUT2D eigenvalue weighted by Gasteiger charge is 2.22. The minimum absolute atomic E-state index is 0.0912. The second kappa shape index (κ2) is 6.12. The van der Waals surface area contributed by atoms with Crippen LogP contribution >= 0.6 is 11.6 Å². The van der Waals surface area contributed by atoms with Crippen LogP contribution in [0.4, 0.5) is 10.5 Å². The first-order valence-corrected chi connectivity index (χ1v) is 8.78. The molecule has 2 aromatic carbocycles. The van der Waals surface area contributed by atoms with Crippen LogP contribution in [0.2, 0.25) is 5.02 Å². The van der Waals surface area contributed by atoms with Gasteiger partial charge in [0.2, 0.25) is 0 Å². The van der Waals surface area contributed by atoms with Crippen LogP contribution in [0.15, 0.2) is 42.6 Å². The Balaban J connectivity index is 1.59. The quantitative estimate of drug-likeness (QED) is 0.674. The summed E-state index contributed by atoms with van der Waals surface area (Å²) in [6, 6.07) is 11.8. The van der Waals surface area contributed by atoms with E-state index in [-0.39, 0.29) is 6.03 Å². The number of amides is 2. The summed E-state index contributed by atoms with van der Waals surface area (Å²) in [6.07, 6.45) is 3.03. The molecule has 0 unspecified atom stereocenters. The lowest BCUT2D eigenvalue weighted by atomic mass is 10.1. The van der Waals surface area contributed by atoms with E-state index in [0.717, 1.165) is 17.7 Å². The fourth-order valence-electron chi connectivity index (χ4n) is 3.53. The van der Waals surface area contributed by atoms with Gasteiger partial charge in [0, 0.05) is 47.9 Å². The van der Waals surface area contributed by atoms with Gasteiger partial charge in [0.05, 0.1) is 0 Å². The largest absolute Gasteiger partial charge is 0.350 e. The molecule has 5 heteroatoms. The van der Waals surface area contributed by atoms with Crippen LogP contribution in [-0.4, -0.2) is 22.0 Å². The second-order valence-electron chi connectivity index (χ2n) is 6.64. The van der Waals surface area contributed by atoms with Crippen molar-refractivity contribution in [3.63, 3.8) is 0 Å². The van der Waals surface area contributed by atoms with Gasteiger partial charge in [-0.1, -0.05) is 29.8 Å².